The van der Waals surface area contributed by atoms with Gasteiger partial charge in [-0.2, -0.15) is 8.42 Å². The number of aromatic amines is 4. The van der Waals surface area contributed by atoms with E-state index in [4.69, 9.17) is 0 Å². The lowest BCUT2D eigenvalue weighted by atomic mass is 10.1. The van der Waals surface area contributed by atoms with Crippen molar-refractivity contribution in [3.63, 3.8) is 0 Å². The largest absolute Gasteiger partial charge is 0.355 e. The molecule has 4 aromatic heterocycles. The molecule has 34 heavy (non-hydrogen) atoms. The van der Waals surface area contributed by atoms with Crippen LogP contribution in [0.4, 0.5) is 0 Å². The summed E-state index contributed by atoms with van der Waals surface area (Å²) in [4.78, 5) is 13.0. The van der Waals surface area contributed by atoms with Crippen LogP contribution in [0.3, 0.4) is 0 Å². The molecular formula is C26H20N4O3S. The van der Waals surface area contributed by atoms with Crippen LogP contribution in [0.5, 0.6) is 0 Å². The predicted octanol–water partition coefficient (Wildman–Crippen LogP) is 1.54. The SMILES string of the molecule is O=S(=O)(O)c1c(-c2ccccc2)c2[nH]c1=Cc1ccc([nH]1)C=c1ccc([nH]1)=Cc1ccc([nH]1)C=2. The maximum absolute atomic E-state index is 12.6. The summed E-state index contributed by atoms with van der Waals surface area (Å²) in [5.74, 6) is 0. The first-order chi connectivity index (χ1) is 16.4. The van der Waals surface area contributed by atoms with E-state index < -0.39 is 10.1 Å². The van der Waals surface area contributed by atoms with E-state index in [1.807, 2.05) is 85.0 Å². The number of hydrogen-bond acceptors (Lipinski definition) is 2. The normalized spacial score (nSPS) is 12.9. The molecule has 0 atom stereocenters. The van der Waals surface area contributed by atoms with Gasteiger partial charge in [-0.25, -0.2) is 0 Å². The molecule has 1 aliphatic rings. The zero-order valence-corrected chi connectivity index (χ0v) is 18.6. The van der Waals surface area contributed by atoms with E-state index >= 15 is 0 Å². The van der Waals surface area contributed by atoms with Crippen LogP contribution < -0.4 is 21.4 Å². The fourth-order valence-electron chi connectivity index (χ4n) is 4.33. The number of aromatic nitrogens is 4. The molecule has 168 valence electrons. The first-order valence-electron chi connectivity index (χ1n) is 10.7. The Kier molecular flexibility index (Phi) is 4.58. The summed E-state index contributed by atoms with van der Waals surface area (Å²) in [7, 11) is -4.55. The lowest BCUT2D eigenvalue weighted by Crippen LogP contribution is -2.15. The molecule has 0 saturated carbocycles. The molecule has 0 saturated heterocycles. The fraction of sp³-hybridized carbons (Fsp3) is 0. The molecule has 8 bridgehead atoms. The molecule has 1 aliphatic heterocycles. The van der Waals surface area contributed by atoms with Crippen LogP contribution in [-0.2, 0) is 10.1 Å². The zero-order chi connectivity index (χ0) is 23.3. The third-order valence-electron chi connectivity index (χ3n) is 5.75. The van der Waals surface area contributed by atoms with Gasteiger partial charge in [-0.1, -0.05) is 30.3 Å². The van der Waals surface area contributed by atoms with Crippen molar-refractivity contribution in [1.82, 2.24) is 19.9 Å². The Labute approximate surface area is 194 Å². The summed E-state index contributed by atoms with van der Waals surface area (Å²) in [5.41, 5.74) is 4.30. The zero-order valence-electron chi connectivity index (χ0n) is 17.8. The summed E-state index contributed by atoms with van der Waals surface area (Å²) in [5, 5.41) is 2.72. The average Bonchev–Trinajstić information content (AvgIpc) is 3.58. The second-order valence-electron chi connectivity index (χ2n) is 8.18. The van der Waals surface area contributed by atoms with Gasteiger partial charge < -0.3 is 19.9 Å². The van der Waals surface area contributed by atoms with Crippen LogP contribution in [0.2, 0.25) is 0 Å². The molecule has 0 spiro atoms. The highest BCUT2D eigenvalue weighted by Gasteiger charge is 2.22. The molecule has 0 fully saturated rings. The van der Waals surface area contributed by atoms with Crippen LogP contribution in [0, 0.1) is 0 Å². The van der Waals surface area contributed by atoms with Crippen LogP contribution in [-0.4, -0.2) is 32.9 Å². The van der Waals surface area contributed by atoms with Gasteiger partial charge in [-0.15, -0.1) is 0 Å². The molecule has 0 amide bonds. The van der Waals surface area contributed by atoms with Crippen molar-refractivity contribution in [1.29, 1.82) is 0 Å². The number of nitrogens with one attached hydrogen (secondary N) is 4. The van der Waals surface area contributed by atoms with E-state index in [-0.39, 0.29) is 10.2 Å². The summed E-state index contributed by atoms with van der Waals surface area (Å²) in [6.45, 7) is 0. The molecular weight excluding hydrogens is 448 g/mol. The Morgan fingerprint density at radius 3 is 1.65 bits per heavy atom. The molecule has 5 heterocycles. The minimum Gasteiger partial charge on any atom is -0.355 e. The lowest BCUT2D eigenvalue weighted by Gasteiger charge is -2.02. The monoisotopic (exact) mass is 468 g/mol. The third kappa shape index (κ3) is 3.75. The standard InChI is InChI=1S/C26H20N4O3S/c31-34(32,33)26-24-15-22-11-9-20(29-22)13-18-7-6-17(27-18)12-19-8-10-21(28-19)14-23(30-24)25(26)16-4-2-1-3-5-16/h1-15,27-30H,(H,31,32,33). The number of fused-ring (bicyclic) bond motifs is 8. The highest BCUT2D eigenvalue weighted by molar-refractivity contribution is 7.86. The summed E-state index contributed by atoms with van der Waals surface area (Å²) in [6, 6.07) is 20.8. The van der Waals surface area contributed by atoms with E-state index in [1.54, 1.807) is 6.08 Å². The first-order valence-corrected chi connectivity index (χ1v) is 12.1. The van der Waals surface area contributed by atoms with Crippen molar-refractivity contribution in [2.45, 2.75) is 4.90 Å². The number of hydrogen-bond donors (Lipinski definition) is 5. The second-order valence-corrected chi connectivity index (χ2v) is 9.54. The van der Waals surface area contributed by atoms with Gasteiger partial charge >= 0.3 is 0 Å². The molecule has 0 unspecified atom stereocenters. The van der Waals surface area contributed by atoms with Gasteiger partial charge in [0.05, 0.1) is 5.35 Å². The number of H-pyrrole nitrogens is 4. The summed E-state index contributed by atoms with van der Waals surface area (Å²) >= 11 is 0. The third-order valence-corrected chi connectivity index (χ3v) is 6.69. The number of benzene rings is 1. The molecule has 6 rings (SSSR count). The first kappa shape index (κ1) is 20.3. The highest BCUT2D eigenvalue weighted by Crippen LogP contribution is 2.22. The molecule has 1 aromatic carbocycles. The molecule has 7 nitrogen and oxygen atoms in total. The average molecular weight is 469 g/mol. The van der Waals surface area contributed by atoms with Crippen LogP contribution in [0.25, 0.3) is 35.4 Å². The molecule has 8 heteroatoms. The second kappa shape index (κ2) is 7.65. The molecule has 0 radical (unpaired) electrons. The van der Waals surface area contributed by atoms with Crippen molar-refractivity contribution in [2.75, 3.05) is 0 Å². The fourth-order valence-corrected chi connectivity index (χ4v) is 5.20. The van der Waals surface area contributed by atoms with Crippen LogP contribution in [0.15, 0.2) is 71.6 Å². The van der Waals surface area contributed by atoms with E-state index in [9.17, 15) is 13.0 Å². The minimum absolute atomic E-state index is 0.165. The van der Waals surface area contributed by atoms with Gasteiger partial charge in [-0.05, 0) is 66.3 Å². The van der Waals surface area contributed by atoms with Crippen LogP contribution in [0.1, 0.15) is 22.8 Å². The maximum Gasteiger partial charge on any atom is 0.297 e. The van der Waals surface area contributed by atoms with Crippen molar-refractivity contribution in [3.05, 3.63) is 111 Å². The summed E-state index contributed by atoms with van der Waals surface area (Å²) < 4.78 is 35.5. The van der Waals surface area contributed by atoms with Crippen LogP contribution >= 0.6 is 0 Å². The van der Waals surface area contributed by atoms with Gasteiger partial charge in [0, 0.05) is 44.4 Å². The smallest absolute Gasteiger partial charge is 0.297 e. The minimum atomic E-state index is -4.55. The topological polar surface area (TPSA) is 118 Å². The highest BCUT2D eigenvalue weighted by atomic mass is 32.2. The van der Waals surface area contributed by atoms with E-state index in [0.717, 1.165) is 27.8 Å². The van der Waals surface area contributed by atoms with Crippen molar-refractivity contribution in [3.8, 4) is 11.1 Å². The van der Waals surface area contributed by atoms with Gasteiger partial charge in [0.15, 0.2) is 0 Å². The Bertz CT molecular complexity index is 1890. The van der Waals surface area contributed by atoms with Crippen molar-refractivity contribution < 1.29 is 13.0 Å². The Balaban J connectivity index is 1.74. The number of rotatable bonds is 2. The van der Waals surface area contributed by atoms with Gasteiger partial charge in [0.2, 0.25) is 0 Å². The van der Waals surface area contributed by atoms with Gasteiger partial charge in [-0.3, -0.25) is 4.55 Å². The van der Waals surface area contributed by atoms with Crippen molar-refractivity contribution in [2.24, 2.45) is 0 Å². The van der Waals surface area contributed by atoms with E-state index in [2.05, 4.69) is 19.9 Å². The Hall–Kier alpha value is -4.27. The lowest BCUT2D eigenvalue weighted by molar-refractivity contribution is 0.483. The molecule has 5 N–H and O–H groups in total. The molecule has 0 aliphatic carbocycles. The summed E-state index contributed by atoms with van der Waals surface area (Å²) in [6.07, 6.45) is 7.49. The Morgan fingerprint density at radius 2 is 1.09 bits per heavy atom. The van der Waals surface area contributed by atoms with E-state index in [0.29, 0.717) is 22.2 Å². The maximum atomic E-state index is 12.6. The van der Waals surface area contributed by atoms with E-state index in [1.165, 1.54) is 0 Å². The van der Waals surface area contributed by atoms with Gasteiger partial charge in [0.25, 0.3) is 10.1 Å². The Morgan fingerprint density at radius 1 is 0.559 bits per heavy atom. The molecule has 5 aromatic rings. The quantitative estimate of drug-likeness (QED) is 0.248. The van der Waals surface area contributed by atoms with Crippen molar-refractivity contribution >= 4 is 34.4 Å². The van der Waals surface area contributed by atoms with Gasteiger partial charge in [0.1, 0.15) is 4.90 Å². The predicted molar refractivity (Wildman–Crippen MR) is 131 cm³/mol.